The van der Waals surface area contributed by atoms with Crippen molar-refractivity contribution in [1.82, 2.24) is 4.98 Å². The number of aromatic nitrogens is 1. The summed E-state index contributed by atoms with van der Waals surface area (Å²) in [6.07, 6.45) is 0.00123. The standard InChI is InChI=1S/C13H12BrFN2OS/c1-7(16)13-17-11(6-19-13)12(18)4-8-2-3-9(14)5-10(8)15/h2-3,5-7H,4,16H2,1H3. The Morgan fingerprint density at radius 1 is 1.58 bits per heavy atom. The van der Waals surface area contributed by atoms with Crippen LogP contribution in [0.5, 0.6) is 0 Å². The first kappa shape index (κ1) is 14.3. The Bertz CT molecular complexity index is 612. The molecular weight excluding hydrogens is 331 g/mol. The smallest absolute Gasteiger partial charge is 0.186 e. The average molecular weight is 343 g/mol. The summed E-state index contributed by atoms with van der Waals surface area (Å²) < 4.78 is 14.3. The van der Waals surface area contributed by atoms with Gasteiger partial charge in [0.15, 0.2) is 5.78 Å². The average Bonchev–Trinajstić information content (AvgIpc) is 2.82. The van der Waals surface area contributed by atoms with Crippen LogP contribution in [0.4, 0.5) is 4.39 Å². The number of nitrogens with two attached hydrogens (primary N) is 1. The number of halogens is 2. The van der Waals surface area contributed by atoms with Crippen LogP contribution >= 0.6 is 27.3 Å². The molecule has 1 heterocycles. The minimum Gasteiger partial charge on any atom is -0.322 e. The van der Waals surface area contributed by atoms with Gasteiger partial charge in [-0.15, -0.1) is 11.3 Å². The zero-order valence-electron chi connectivity index (χ0n) is 10.2. The predicted octanol–water partition coefficient (Wildman–Crippen LogP) is 3.49. The normalized spacial score (nSPS) is 12.4. The Hall–Kier alpha value is -1.11. The second-order valence-electron chi connectivity index (χ2n) is 4.20. The summed E-state index contributed by atoms with van der Waals surface area (Å²) in [7, 11) is 0. The van der Waals surface area contributed by atoms with Gasteiger partial charge in [0.1, 0.15) is 16.5 Å². The Morgan fingerprint density at radius 3 is 2.89 bits per heavy atom. The molecule has 2 N–H and O–H groups in total. The number of ketones is 1. The van der Waals surface area contributed by atoms with Gasteiger partial charge in [0, 0.05) is 16.3 Å². The van der Waals surface area contributed by atoms with Gasteiger partial charge >= 0.3 is 0 Å². The molecule has 0 saturated carbocycles. The van der Waals surface area contributed by atoms with E-state index < -0.39 is 5.82 Å². The summed E-state index contributed by atoms with van der Waals surface area (Å²) in [6.45, 7) is 1.81. The largest absolute Gasteiger partial charge is 0.322 e. The van der Waals surface area contributed by atoms with E-state index in [-0.39, 0.29) is 18.2 Å². The fourth-order valence-corrected chi connectivity index (χ4v) is 2.67. The minimum absolute atomic E-state index is 0.00123. The molecule has 1 aromatic carbocycles. The van der Waals surface area contributed by atoms with E-state index in [1.807, 2.05) is 6.92 Å². The lowest BCUT2D eigenvalue weighted by molar-refractivity contribution is 0.0987. The van der Waals surface area contributed by atoms with Crippen LogP contribution in [0, 0.1) is 5.82 Å². The van der Waals surface area contributed by atoms with Gasteiger partial charge in [-0.3, -0.25) is 4.79 Å². The molecule has 19 heavy (non-hydrogen) atoms. The number of Topliss-reactive ketones (excluding diaryl/α,β-unsaturated/α-hetero) is 1. The molecule has 6 heteroatoms. The first-order chi connectivity index (χ1) is 8.97. The van der Waals surface area contributed by atoms with Gasteiger partial charge in [-0.2, -0.15) is 0 Å². The van der Waals surface area contributed by atoms with Crippen LogP contribution in [0.2, 0.25) is 0 Å². The van der Waals surface area contributed by atoms with E-state index in [9.17, 15) is 9.18 Å². The van der Waals surface area contributed by atoms with Gasteiger partial charge in [-0.25, -0.2) is 9.37 Å². The molecule has 100 valence electrons. The third-order valence-corrected chi connectivity index (χ3v) is 4.10. The van der Waals surface area contributed by atoms with Crippen molar-refractivity contribution in [2.24, 2.45) is 5.73 Å². The fourth-order valence-electron chi connectivity index (χ4n) is 1.55. The van der Waals surface area contributed by atoms with Crippen LogP contribution < -0.4 is 5.73 Å². The van der Waals surface area contributed by atoms with Crippen molar-refractivity contribution in [3.8, 4) is 0 Å². The molecule has 0 saturated heterocycles. The van der Waals surface area contributed by atoms with Crippen LogP contribution in [-0.2, 0) is 6.42 Å². The maximum absolute atomic E-state index is 13.6. The maximum atomic E-state index is 13.6. The van der Waals surface area contributed by atoms with Crippen molar-refractivity contribution >= 4 is 33.0 Å². The van der Waals surface area contributed by atoms with Crippen LogP contribution in [0.1, 0.15) is 34.0 Å². The maximum Gasteiger partial charge on any atom is 0.186 e. The molecule has 0 aliphatic heterocycles. The van der Waals surface area contributed by atoms with E-state index in [2.05, 4.69) is 20.9 Å². The van der Waals surface area contributed by atoms with Crippen molar-refractivity contribution in [3.05, 3.63) is 50.1 Å². The van der Waals surface area contributed by atoms with Gasteiger partial charge in [0.25, 0.3) is 0 Å². The molecule has 0 aliphatic rings. The van der Waals surface area contributed by atoms with Crippen LogP contribution in [-0.4, -0.2) is 10.8 Å². The highest BCUT2D eigenvalue weighted by Gasteiger charge is 2.15. The summed E-state index contributed by atoms with van der Waals surface area (Å²) in [5.74, 6) is -0.602. The molecule has 0 radical (unpaired) electrons. The van der Waals surface area contributed by atoms with Crippen molar-refractivity contribution in [2.45, 2.75) is 19.4 Å². The van der Waals surface area contributed by atoms with Gasteiger partial charge in [0.2, 0.25) is 0 Å². The highest BCUT2D eigenvalue weighted by atomic mass is 79.9. The lowest BCUT2D eigenvalue weighted by Gasteiger charge is -2.02. The Morgan fingerprint density at radius 2 is 2.32 bits per heavy atom. The molecule has 0 fully saturated rings. The quantitative estimate of drug-likeness (QED) is 0.865. The monoisotopic (exact) mass is 342 g/mol. The number of thiazole rings is 1. The third-order valence-electron chi connectivity index (χ3n) is 2.56. The first-order valence-electron chi connectivity index (χ1n) is 5.65. The molecule has 2 rings (SSSR count). The summed E-state index contributed by atoms with van der Waals surface area (Å²) >= 11 is 4.52. The molecule has 3 nitrogen and oxygen atoms in total. The van der Waals surface area contributed by atoms with Crippen molar-refractivity contribution in [2.75, 3.05) is 0 Å². The molecule has 1 unspecified atom stereocenters. The molecule has 0 spiro atoms. The summed E-state index contributed by atoms with van der Waals surface area (Å²) in [5, 5.41) is 2.37. The molecular formula is C13H12BrFN2OS. The summed E-state index contributed by atoms with van der Waals surface area (Å²) in [6, 6.07) is 4.45. The topological polar surface area (TPSA) is 56.0 Å². The van der Waals surface area contributed by atoms with Crippen molar-refractivity contribution in [1.29, 1.82) is 0 Å². The summed E-state index contributed by atoms with van der Waals surface area (Å²) in [5.41, 5.74) is 6.40. The number of benzene rings is 1. The Labute approximate surface area is 122 Å². The molecule has 0 aliphatic carbocycles. The van der Waals surface area contributed by atoms with E-state index in [4.69, 9.17) is 5.73 Å². The van der Waals surface area contributed by atoms with E-state index in [1.54, 1.807) is 17.5 Å². The van der Waals surface area contributed by atoms with E-state index >= 15 is 0 Å². The fraction of sp³-hybridized carbons (Fsp3) is 0.231. The number of rotatable bonds is 4. The zero-order valence-corrected chi connectivity index (χ0v) is 12.6. The van der Waals surface area contributed by atoms with Crippen LogP contribution in [0.25, 0.3) is 0 Å². The number of carbonyl (C=O) groups is 1. The second kappa shape index (κ2) is 5.90. The Kier molecular flexibility index (Phi) is 4.44. The SMILES string of the molecule is CC(N)c1nc(C(=O)Cc2ccc(Br)cc2F)cs1. The first-order valence-corrected chi connectivity index (χ1v) is 7.32. The molecule has 0 bridgehead atoms. The number of carbonyl (C=O) groups excluding carboxylic acids is 1. The van der Waals surface area contributed by atoms with Gasteiger partial charge in [-0.05, 0) is 24.6 Å². The zero-order chi connectivity index (χ0) is 14.0. The van der Waals surface area contributed by atoms with Gasteiger partial charge in [0.05, 0.1) is 6.04 Å². The number of hydrogen-bond acceptors (Lipinski definition) is 4. The predicted molar refractivity (Wildman–Crippen MR) is 76.9 cm³/mol. The Balaban J connectivity index is 2.16. The van der Waals surface area contributed by atoms with Crippen molar-refractivity contribution < 1.29 is 9.18 Å². The van der Waals surface area contributed by atoms with Crippen molar-refractivity contribution in [3.63, 3.8) is 0 Å². The second-order valence-corrected chi connectivity index (χ2v) is 6.00. The summed E-state index contributed by atoms with van der Waals surface area (Å²) in [4.78, 5) is 16.2. The highest BCUT2D eigenvalue weighted by Crippen LogP contribution is 2.19. The van der Waals surface area contributed by atoms with E-state index in [1.165, 1.54) is 17.4 Å². The molecule has 1 atom stereocenters. The number of nitrogens with zero attached hydrogens (tertiary/aromatic N) is 1. The van der Waals surface area contributed by atoms with Gasteiger partial charge < -0.3 is 5.73 Å². The lowest BCUT2D eigenvalue weighted by Crippen LogP contribution is -2.08. The van der Waals surface area contributed by atoms with Crippen LogP contribution in [0.3, 0.4) is 0 Å². The molecule has 1 aromatic heterocycles. The van der Waals surface area contributed by atoms with Crippen LogP contribution in [0.15, 0.2) is 28.1 Å². The van der Waals surface area contributed by atoms with E-state index in [0.29, 0.717) is 20.7 Å². The minimum atomic E-state index is -0.398. The molecule has 0 amide bonds. The van der Waals surface area contributed by atoms with E-state index in [0.717, 1.165) is 0 Å². The lowest BCUT2D eigenvalue weighted by atomic mass is 10.1. The highest BCUT2D eigenvalue weighted by molar-refractivity contribution is 9.10. The number of hydrogen-bond donors (Lipinski definition) is 1. The van der Waals surface area contributed by atoms with Gasteiger partial charge in [-0.1, -0.05) is 22.0 Å². The molecule has 2 aromatic rings. The third kappa shape index (κ3) is 3.46.